The van der Waals surface area contributed by atoms with Crippen LogP contribution in [0.2, 0.25) is 0 Å². The fourth-order valence-corrected chi connectivity index (χ4v) is 4.96. The third-order valence-corrected chi connectivity index (χ3v) is 6.25. The van der Waals surface area contributed by atoms with Crippen molar-refractivity contribution in [1.29, 1.82) is 0 Å². The number of hydrogen-bond acceptors (Lipinski definition) is 5. The van der Waals surface area contributed by atoms with Crippen molar-refractivity contribution in [2.75, 3.05) is 7.11 Å². The molecule has 1 fully saturated rings. The van der Waals surface area contributed by atoms with Gasteiger partial charge in [-0.3, -0.25) is 0 Å². The van der Waals surface area contributed by atoms with Crippen LogP contribution in [0.4, 0.5) is 0 Å². The number of methoxy groups -OCH3 is 1. The van der Waals surface area contributed by atoms with E-state index in [1.54, 1.807) is 18.6 Å². The minimum atomic E-state index is -3.42. The van der Waals surface area contributed by atoms with E-state index in [1.807, 2.05) is 0 Å². The van der Waals surface area contributed by atoms with Gasteiger partial charge in [-0.2, -0.15) is 0 Å². The smallest absolute Gasteiger partial charge is 0.241 e. The van der Waals surface area contributed by atoms with Crippen molar-refractivity contribution in [3.8, 4) is 0 Å². The first-order valence-electron chi connectivity index (χ1n) is 7.26. The molecule has 120 valence electrons. The molecule has 1 aromatic rings. The number of nitrogens with one attached hydrogen (secondary N) is 2. The van der Waals surface area contributed by atoms with Crippen LogP contribution in [-0.4, -0.2) is 33.7 Å². The Kier molecular flexibility index (Phi) is 5.79. The molecule has 0 aromatic carbocycles. The summed E-state index contributed by atoms with van der Waals surface area (Å²) in [5.74, 6) is 0. The van der Waals surface area contributed by atoms with E-state index >= 15 is 0 Å². The molecule has 1 aliphatic rings. The summed E-state index contributed by atoms with van der Waals surface area (Å²) in [5, 5.41) is 5.00. The van der Waals surface area contributed by atoms with E-state index in [2.05, 4.69) is 23.9 Å². The van der Waals surface area contributed by atoms with E-state index in [0.29, 0.717) is 17.5 Å². The minimum Gasteiger partial charge on any atom is -0.381 e. The molecule has 7 heteroatoms. The molecular formula is C14H24N2O3S2. The Bertz CT molecular complexity index is 554. The number of rotatable bonds is 7. The summed E-state index contributed by atoms with van der Waals surface area (Å²) in [4.78, 5) is 1.40. The highest BCUT2D eigenvalue weighted by Crippen LogP contribution is 2.25. The van der Waals surface area contributed by atoms with E-state index in [4.69, 9.17) is 4.74 Å². The Morgan fingerprint density at radius 2 is 2.19 bits per heavy atom. The SMILES string of the molecule is COC1CCC(NS(=O)(=O)c2csc(CNC(C)C)c2)C1. The molecule has 5 nitrogen and oxygen atoms in total. The van der Waals surface area contributed by atoms with Crippen LogP contribution in [0, 0.1) is 0 Å². The van der Waals surface area contributed by atoms with Crippen LogP contribution in [0.3, 0.4) is 0 Å². The zero-order chi connectivity index (χ0) is 15.5. The van der Waals surface area contributed by atoms with Gasteiger partial charge in [0.15, 0.2) is 0 Å². The molecule has 2 unspecified atom stereocenters. The predicted molar refractivity (Wildman–Crippen MR) is 85.1 cm³/mol. The molecule has 21 heavy (non-hydrogen) atoms. The lowest BCUT2D eigenvalue weighted by Gasteiger charge is -2.12. The first kappa shape index (κ1) is 16.9. The molecule has 2 atom stereocenters. The van der Waals surface area contributed by atoms with Crippen LogP contribution < -0.4 is 10.0 Å². The van der Waals surface area contributed by atoms with Gasteiger partial charge < -0.3 is 10.1 Å². The van der Waals surface area contributed by atoms with Gasteiger partial charge >= 0.3 is 0 Å². The second-order valence-corrected chi connectivity index (χ2v) is 8.48. The molecule has 0 spiro atoms. The molecule has 0 aliphatic heterocycles. The maximum atomic E-state index is 12.4. The lowest BCUT2D eigenvalue weighted by Crippen LogP contribution is -2.33. The van der Waals surface area contributed by atoms with Gasteiger partial charge in [0.05, 0.1) is 11.0 Å². The number of ether oxygens (including phenoxy) is 1. The Morgan fingerprint density at radius 1 is 1.43 bits per heavy atom. The molecule has 2 rings (SSSR count). The van der Waals surface area contributed by atoms with E-state index in [0.717, 1.165) is 24.1 Å². The Hall–Kier alpha value is -0.470. The van der Waals surface area contributed by atoms with E-state index in [-0.39, 0.29) is 12.1 Å². The lowest BCUT2D eigenvalue weighted by atomic mass is 10.3. The molecule has 1 heterocycles. The highest BCUT2D eigenvalue weighted by atomic mass is 32.2. The Morgan fingerprint density at radius 3 is 2.81 bits per heavy atom. The molecule has 2 N–H and O–H groups in total. The second-order valence-electron chi connectivity index (χ2n) is 5.77. The highest BCUT2D eigenvalue weighted by molar-refractivity contribution is 7.89. The Labute approximate surface area is 131 Å². The predicted octanol–water partition coefficient (Wildman–Crippen LogP) is 2.09. The lowest BCUT2D eigenvalue weighted by molar-refractivity contribution is 0.107. The average Bonchev–Trinajstić information content (AvgIpc) is 3.04. The summed E-state index contributed by atoms with van der Waals surface area (Å²) < 4.78 is 32.8. The number of thiophene rings is 1. The third kappa shape index (κ3) is 4.75. The third-order valence-electron chi connectivity index (χ3n) is 3.66. The molecule has 1 aromatic heterocycles. The zero-order valence-electron chi connectivity index (χ0n) is 12.8. The maximum absolute atomic E-state index is 12.4. The fraction of sp³-hybridized carbons (Fsp3) is 0.714. The highest BCUT2D eigenvalue weighted by Gasteiger charge is 2.29. The van der Waals surface area contributed by atoms with Crippen LogP contribution >= 0.6 is 11.3 Å². The van der Waals surface area contributed by atoms with Crippen LogP contribution in [0.1, 0.15) is 38.0 Å². The van der Waals surface area contributed by atoms with Crippen molar-refractivity contribution in [3.05, 3.63) is 16.3 Å². The molecule has 0 saturated heterocycles. The maximum Gasteiger partial charge on any atom is 0.241 e. The summed E-state index contributed by atoms with van der Waals surface area (Å²) in [6.45, 7) is 4.84. The summed E-state index contributed by atoms with van der Waals surface area (Å²) in [7, 11) is -1.74. The second kappa shape index (κ2) is 7.19. The van der Waals surface area contributed by atoms with E-state index < -0.39 is 10.0 Å². The number of sulfonamides is 1. The van der Waals surface area contributed by atoms with Gasteiger partial charge in [0.25, 0.3) is 0 Å². The van der Waals surface area contributed by atoms with E-state index in [9.17, 15) is 8.42 Å². The molecular weight excluding hydrogens is 308 g/mol. The van der Waals surface area contributed by atoms with Crippen LogP contribution in [0.5, 0.6) is 0 Å². The quantitative estimate of drug-likeness (QED) is 0.802. The largest absolute Gasteiger partial charge is 0.381 e. The molecule has 1 aliphatic carbocycles. The minimum absolute atomic E-state index is 0.0166. The van der Waals surface area contributed by atoms with Gasteiger partial charge in [-0.1, -0.05) is 13.8 Å². The number of hydrogen-bond donors (Lipinski definition) is 2. The molecule has 0 amide bonds. The van der Waals surface area contributed by atoms with Crippen molar-refractivity contribution in [2.24, 2.45) is 0 Å². The van der Waals surface area contributed by atoms with Gasteiger partial charge in [0.2, 0.25) is 10.0 Å². The van der Waals surface area contributed by atoms with E-state index in [1.165, 1.54) is 11.3 Å². The zero-order valence-corrected chi connectivity index (χ0v) is 14.4. The van der Waals surface area contributed by atoms with Gasteiger partial charge in [-0.05, 0) is 25.3 Å². The average molecular weight is 332 g/mol. The van der Waals surface area contributed by atoms with Crippen molar-refractivity contribution >= 4 is 21.4 Å². The van der Waals surface area contributed by atoms with Gasteiger partial charge in [-0.25, -0.2) is 13.1 Å². The normalized spacial score (nSPS) is 23.0. The van der Waals surface area contributed by atoms with Crippen LogP contribution in [0.25, 0.3) is 0 Å². The van der Waals surface area contributed by atoms with Crippen molar-refractivity contribution in [1.82, 2.24) is 10.0 Å². The summed E-state index contributed by atoms with van der Waals surface area (Å²) in [6, 6.07) is 2.12. The summed E-state index contributed by atoms with van der Waals surface area (Å²) in [5.41, 5.74) is 0. The first-order chi connectivity index (χ1) is 9.90. The van der Waals surface area contributed by atoms with Crippen molar-refractivity contribution in [3.63, 3.8) is 0 Å². The standard InChI is InChI=1S/C14H24N2O3S2/c1-10(2)15-8-13-7-14(9-20-13)21(17,18)16-11-4-5-12(6-11)19-3/h7,9-12,15-16H,4-6,8H2,1-3H3. The topological polar surface area (TPSA) is 67.4 Å². The fourth-order valence-electron chi connectivity index (χ4n) is 2.45. The Balaban J connectivity index is 1.96. The van der Waals surface area contributed by atoms with Gasteiger partial charge in [0, 0.05) is 36.0 Å². The monoisotopic (exact) mass is 332 g/mol. The van der Waals surface area contributed by atoms with Crippen molar-refractivity contribution < 1.29 is 13.2 Å². The van der Waals surface area contributed by atoms with Crippen LogP contribution in [0.15, 0.2) is 16.3 Å². The first-order valence-corrected chi connectivity index (χ1v) is 9.63. The van der Waals surface area contributed by atoms with Crippen LogP contribution in [-0.2, 0) is 21.3 Å². The van der Waals surface area contributed by atoms with Gasteiger partial charge in [-0.15, -0.1) is 11.3 Å². The summed E-state index contributed by atoms with van der Waals surface area (Å²) in [6.07, 6.45) is 2.67. The van der Waals surface area contributed by atoms with Crippen molar-refractivity contribution in [2.45, 2.75) is 62.7 Å². The molecule has 0 bridgehead atoms. The molecule has 1 saturated carbocycles. The summed E-state index contributed by atoms with van der Waals surface area (Å²) >= 11 is 1.48. The molecule has 0 radical (unpaired) electrons. The van der Waals surface area contributed by atoms with Gasteiger partial charge in [0.1, 0.15) is 0 Å².